The van der Waals surface area contributed by atoms with E-state index in [0.717, 1.165) is 11.5 Å². The highest BCUT2D eigenvalue weighted by molar-refractivity contribution is 7.99. The molecule has 4 nitrogen and oxygen atoms in total. The lowest BCUT2D eigenvalue weighted by Crippen LogP contribution is -2.33. The summed E-state index contributed by atoms with van der Waals surface area (Å²) in [7, 11) is 1.64. The van der Waals surface area contributed by atoms with E-state index < -0.39 is 0 Å². The zero-order chi connectivity index (χ0) is 15.6. The molecular weight excluding hydrogens is 298 g/mol. The van der Waals surface area contributed by atoms with E-state index in [1.165, 1.54) is 4.90 Å². The number of carbonyl (C=O) groups is 1. The number of furan rings is 1. The number of methoxy groups -OCH3 is 1. The molecule has 0 bridgehead atoms. The fourth-order valence-electron chi connectivity index (χ4n) is 2.02. The Bertz CT molecular complexity index is 542. The molecule has 0 spiro atoms. The van der Waals surface area contributed by atoms with Crippen LogP contribution in [0.4, 0.5) is 0 Å². The number of benzene rings is 1. The van der Waals surface area contributed by atoms with E-state index in [9.17, 15) is 4.79 Å². The van der Waals surface area contributed by atoms with E-state index in [4.69, 9.17) is 9.15 Å². The monoisotopic (exact) mass is 319 g/mol. The first-order valence-corrected chi connectivity index (χ1v) is 8.25. The number of amides is 1. The first kappa shape index (κ1) is 16.6. The zero-order valence-electron chi connectivity index (χ0n) is 12.7. The molecule has 0 fully saturated rings. The van der Waals surface area contributed by atoms with E-state index in [0.29, 0.717) is 26.1 Å². The van der Waals surface area contributed by atoms with Crippen molar-refractivity contribution in [3.05, 3.63) is 54.5 Å². The quantitative estimate of drug-likeness (QED) is 0.664. The van der Waals surface area contributed by atoms with E-state index in [1.807, 2.05) is 30.3 Å². The number of ether oxygens (including phenoxy) is 1. The number of thioether (sulfide) groups is 1. The molecule has 1 amide bonds. The van der Waals surface area contributed by atoms with Crippen LogP contribution in [-0.2, 0) is 16.1 Å². The topological polar surface area (TPSA) is 42.7 Å². The van der Waals surface area contributed by atoms with Crippen LogP contribution in [0.1, 0.15) is 12.2 Å². The van der Waals surface area contributed by atoms with Gasteiger partial charge in [0.1, 0.15) is 5.76 Å². The minimum atomic E-state index is 0.122. The van der Waals surface area contributed by atoms with Gasteiger partial charge in [-0.25, -0.2) is 0 Å². The Morgan fingerprint density at radius 1 is 1.23 bits per heavy atom. The number of nitrogens with zero attached hydrogens (tertiary/aromatic N) is 1. The predicted octanol–water partition coefficient (Wildman–Crippen LogP) is 3.44. The van der Waals surface area contributed by atoms with Gasteiger partial charge in [-0.1, -0.05) is 18.2 Å². The Kier molecular flexibility index (Phi) is 7.06. The Labute approximate surface area is 135 Å². The van der Waals surface area contributed by atoms with E-state index in [2.05, 4.69) is 12.1 Å². The van der Waals surface area contributed by atoms with Gasteiger partial charge in [0.05, 0.1) is 19.4 Å². The molecule has 0 aliphatic carbocycles. The van der Waals surface area contributed by atoms with Crippen LogP contribution >= 0.6 is 11.8 Å². The lowest BCUT2D eigenvalue weighted by Gasteiger charge is -2.21. The van der Waals surface area contributed by atoms with Crippen molar-refractivity contribution in [2.24, 2.45) is 0 Å². The molecule has 1 aromatic heterocycles. The van der Waals surface area contributed by atoms with Crippen molar-refractivity contribution in [1.29, 1.82) is 0 Å². The summed E-state index contributed by atoms with van der Waals surface area (Å²) in [5.41, 5.74) is 0. The lowest BCUT2D eigenvalue weighted by atomic mass is 10.3. The molecule has 0 saturated heterocycles. The van der Waals surface area contributed by atoms with Crippen LogP contribution in [-0.4, -0.2) is 36.8 Å². The fourth-order valence-corrected chi connectivity index (χ4v) is 2.88. The van der Waals surface area contributed by atoms with Gasteiger partial charge >= 0.3 is 0 Å². The minimum absolute atomic E-state index is 0.122. The lowest BCUT2D eigenvalue weighted by molar-refractivity contribution is -0.132. The van der Waals surface area contributed by atoms with Gasteiger partial charge in [0.2, 0.25) is 5.91 Å². The highest BCUT2D eigenvalue weighted by Crippen LogP contribution is 2.18. The second kappa shape index (κ2) is 9.33. The Morgan fingerprint density at radius 3 is 2.73 bits per heavy atom. The summed E-state index contributed by atoms with van der Waals surface area (Å²) in [6.07, 6.45) is 2.13. The third kappa shape index (κ3) is 5.58. The van der Waals surface area contributed by atoms with Crippen LogP contribution in [0.15, 0.2) is 58.0 Å². The third-order valence-corrected chi connectivity index (χ3v) is 4.19. The van der Waals surface area contributed by atoms with Crippen molar-refractivity contribution in [2.45, 2.75) is 17.9 Å². The van der Waals surface area contributed by atoms with E-state index in [-0.39, 0.29) is 5.91 Å². The molecule has 0 unspecified atom stereocenters. The van der Waals surface area contributed by atoms with Crippen LogP contribution < -0.4 is 0 Å². The smallest absolute Gasteiger partial charge is 0.223 e. The van der Waals surface area contributed by atoms with Crippen LogP contribution in [0.3, 0.4) is 0 Å². The molecular formula is C17H21NO3S. The normalized spacial score (nSPS) is 10.6. The number of rotatable bonds is 9. The van der Waals surface area contributed by atoms with Gasteiger partial charge in [-0.15, -0.1) is 11.8 Å². The number of hydrogen-bond acceptors (Lipinski definition) is 4. The Morgan fingerprint density at radius 2 is 2.05 bits per heavy atom. The van der Waals surface area contributed by atoms with Gasteiger partial charge in [0, 0.05) is 30.7 Å². The molecule has 22 heavy (non-hydrogen) atoms. The molecule has 0 aliphatic heterocycles. The highest BCUT2D eigenvalue weighted by Gasteiger charge is 2.15. The first-order valence-electron chi connectivity index (χ1n) is 7.26. The van der Waals surface area contributed by atoms with Crippen molar-refractivity contribution in [3.8, 4) is 0 Å². The zero-order valence-corrected chi connectivity index (χ0v) is 13.6. The molecule has 0 saturated carbocycles. The SMILES string of the molecule is COCCN(Cc1ccco1)C(=O)CCSc1ccccc1. The molecule has 2 rings (SSSR count). The summed E-state index contributed by atoms with van der Waals surface area (Å²) in [6, 6.07) is 13.8. The predicted molar refractivity (Wildman–Crippen MR) is 87.8 cm³/mol. The Balaban J connectivity index is 1.82. The molecule has 0 radical (unpaired) electrons. The fraction of sp³-hybridized carbons (Fsp3) is 0.353. The van der Waals surface area contributed by atoms with Crippen LogP contribution in [0.2, 0.25) is 0 Å². The molecule has 1 aromatic carbocycles. The largest absolute Gasteiger partial charge is 0.467 e. The summed E-state index contributed by atoms with van der Waals surface area (Å²) < 4.78 is 10.4. The average Bonchev–Trinajstić information content (AvgIpc) is 3.05. The van der Waals surface area contributed by atoms with Gasteiger partial charge in [0.25, 0.3) is 0 Å². The second-order valence-electron chi connectivity index (χ2n) is 4.80. The summed E-state index contributed by atoms with van der Waals surface area (Å²) in [5, 5.41) is 0. The summed E-state index contributed by atoms with van der Waals surface area (Å²) in [5.74, 6) is 1.68. The molecule has 0 N–H and O–H groups in total. The van der Waals surface area contributed by atoms with Crippen molar-refractivity contribution in [1.82, 2.24) is 4.90 Å². The molecule has 0 atom stereocenters. The standard InChI is InChI=1S/C17H21NO3S/c1-20-12-10-18(14-15-6-5-11-21-15)17(19)9-13-22-16-7-3-2-4-8-16/h2-8,11H,9-10,12-14H2,1H3. The molecule has 118 valence electrons. The van der Waals surface area contributed by atoms with Crippen LogP contribution in [0.5, 0.6) is 0 Å². The summed E-state index contributed by atoms with van der Waals surface area (Å²) >= 11 is 1.70. The molecule has 5 heteroatoms. The van der Waals surface area contributed by atoms with E-state index in [1.54, 1.807) is 30.0 Å². The first-order chi connectivity index (χ1) is 10.8. The van der Waals surface area contributed by atoms with Crippen LogP contribution in [0.25, 0.3) is 0 Å². The minimum Gasteiger partial charge on any atom is -0.467 e. The van der Waals surface area contributed by atoms with Crippen molar-refractivity contribution in [3.63, 3.8) is 0 Å². The third-order valence-electron chi connectivity index (χ3n) is 3.17. The van der Waals surface area contributed by atoms with E-state index >= 15 is 0 Å². The van der Waals surface area contributed by atoms with Gasteiger partial charge in [-0.3, -0.25) is 4.79 Å². The van der Waals surface area contributed by atoms with Gasteiger partial charge < -0.3 is 14.1 Å². The highest BCUT2D eigenvalue weighted by atomic mass is 32.2. The van der Waals surface area contributed by atoms with Crippen LogP contribution in [0, 0.1) is 0 Å². The van der Waals surface area contributed by atoms with Crippen molar-refractivity contribution < 1.29 is 13.9 Å². The molecule has 2 aromatic rings. The van der Waals surface area contributed by atoms with Crippen molar-refractivity contribution in [2.75, 3.05) is 26.0 Å². The van der Waals surface area contributed by atoms with Crippen molar-refractivity contribution >= 4 is 17.7 Å². The second-order valence-corrected chi connectivity index (χ2v) is 5.97. The van der Waals surface area contributed by atoms with Gasteiger partial charge in [-0.05, 0) is 24.3 Å². The average molecular weight is 319 g/mol. The molecule has 0 aliphatic rings. The van der Waals surface area contributed by atoms with Gasteiger partial charge in [-0.2, -0.15) is 0 Å². The van der Waals surface area contributed by atoms with Gasteiger partial charge in [0.15, 0.2) is 0 Å². The number of carbonyl (C=O) groups excluding carboxylic acids is 1. The molecule has 1 heterocycles. The summed E-state index contributed by atoms with van der Waals surface area (Å²) in [6.45, 7) is 1.59. The maximum atomic E-state index is 12.4. The maximum absolute atomic E-state index is 12.4. The Hall–Kier alpha value is -1.72. The summed E-state index contributed by atoms with van der Waals surface area (Å²) in [4.78, 5) is 15.4. The number of hydrogen-bond donors (Lipinski definition) is 0. The maximum Gasteiger partial charge on any atom is 0.223 e.